The first kappa shape index (κ1) is 9.86. The van der Waals surface area contributed by atoms with Gasteiger partial charge in [0.15, 0.2) is 11.6 Å². The molecule has 0 bridgehead atoms. The number of aliphatic hydroxyl groups is 1. The smallest absolute Gasteiger partial charge is 0.195 e. The van der Waals surface area contributed by atoms with Crippen LogP contribution in [-0.4, -0.2) is 15.1 Å². The van der Waals surface area contributed by atoms with Crippen LogP contribution in [-0.2, 0) is 0 Å². The predicted octanol–water partition coefficient (Wildman–Crippen LogP) is 2.10. The number of nitrogens with zero attached hydrogens (tertiary/aromatic N) is 2. The minimum Gasteiger partial charge on any atom is -0.461 e. The summed E-state index contributed by atoms with van der Waals surface area (Å²) in [6, 6.07) is 3.59. The zero-order valence-electron chi connectivity index (χ0n) is 8.64. The molecule has 0 saturated carbocycles. The second-order valence-electron chi connectivity index (χ2n) is 3.39. The highest BCUT2D eigenvalue weighted by Crippen LogP contribution is 2.19. The molecule has 1 atom stereocenters. The highest BCUT2D eigenvalue weighted by Gasteiger charge is 2.10. The number of aromatic nitrogens is 2. The summed E-state index contributed by atoms with van der Waals surface area (Å²) in [5, 5.41) is 9.42. The minimum absolute atomic E-state index is 0.543. The lowest BCUT2D eigenvalue weighted by Crippen LogP contribution is -2.00. The summed E-state index contributed by atoms with van der Waals surface area (Å²) in [6.07, 6.45) is 2.66. The maximum atomic E-state index is 9.42. The summed E-state index contributed by atoms with van der Waals surface area (Å²) in [5.41, 5.74) is 1.51. The van der Waals surface area contributed by atoms with Gasteiger partial charge >= 0.3 is 0 Å². The molecule has 15 heavy (non-hydrogen) atoms. The van der Waals surface area contributed by atoms with Crippen LogP contribution >= 0.6 is 0 Å². The first-order valence-electron chi connectivity index (χ1n) is 4.74. The van der Waals surface area contributed by atoms with E-state index in [4.69, 9.17) is 4.42 Å². The lowest BCUT2D eigenvalue weighted by molar-refractivity contribution is 0.197. The van der Waals surface area contributed by atoms with Crippen LogP contribution in [0.1, 0.15) is 24.3 Å². The molecule has 0 unspecified atom stereocenters. The Hall–Kier alpha value is -1.68. The summed E-state index contributed by atoms with van der Waals surface area (Å²) < 4.78 is 5.19. The average Bonchev–Trinajstić information content (AvgIpc) is 2.69. The van der Waals surface area contributed by atoms with Gasteiger partial charge in [-0.2, -0.15) is 0 Å². The van der Waals surface area contributed by atoms with Crippen molar-refractivity contribution in [3.63, 3.8) is 0 Å². The van der Waals surface area contributed by atoms with Crippen molar-refractivity contribution in [2.24, 2.45) is 0 Å². The summed E-state index contributed by atoms with van der Waals surface area (Å²) in [7, 11) is 0. The van der Waals surface area contributed by atoms with Gasteiger partial charge in [0.1, 0.15) is 0 Å². The van der Waals surface area contributed by atoms with E-state index in [1.54, 1.807) is 31.5 Å². The summed E-state index contributed by atoms with van der Waals surface area (Å²) in [4.78, 5) is 8.41. The van der Waals surface area contributed by atoms with Crippen LogP contribution in [0.5, 0.6) is 0 Å². The molecule has 2 aromatic rings. The van der Waals surface area contributed by atoms with Crippen LogP contribution < -0.4 is 0 Å². The van der Waals surface area contributed by atoms with Crippen molar-refractivity contribution in [2.75, 3.05) is 0 Å². The molecule has 0 fully saturated rings. The molecule has 4 nitrogen and oxygen atoms in total. The number of aryl methyl sites for hydroxylation is 1. The molecule has 2 rings (SSSR count). The van der Waals surface area contributed by atoms with E-state index in [2.05, 4.69) is 9.97 Å². The fourth-order valence-electron chi connectivity index (χ4n) is 1.41. The number of aliphatic hydroxyl groups excluding tert-OH is 1. The van der Waals surface area contributed by atoms with Crippen LogP contribution in [0, 0.1) is 6.92 Å². The van der Waals surface area contributed by atoms with Crippen molar-refractivity contribution in [1.29, 1.82) is 0 Å². The van der Waals surface area contributed by atoms with Crippen molar-refractivity contribution < 1.29 is 9.52 Å². The fourth-order valence-corrected chi connectivity index (χ4v) is 1.41. The highest BCUT2D eigenvalue weighted by molar-refractivity contribution is 5.46. The summed E-state index contributed by atoms with van der Waals surface area (Å²) in [6.45, 7) is 3.54. The molecule has 0 aliphatic carbocycles. The number of rotatable bonds is 2. The minimum atomic E-state index is -0.546. The van der Waals surface area contributed by atoms with E-state index in [1.165, 1.54) is 0 Å². The van der Waals surface area contributed by atoms with Crippen molar-refractivity contribution >= 4 is 0 Å². The van der Waals surface area contributed by atoms with E-state index < -0.39 is 6.10 Å². The van der Waals surface area contributed by atoms with Crippen LogP contribution in [0.15, 0.2) is 29.0 Å². The van der Waals surface area contributed by atoms with Crippen LogP contribution in [0.4, 0.5) is 0 Å². The van der Waals surface area contributed by atoms with Gasteiger partial charge in [0.25, 0.3) is 0 Å². The molecule has 0 saturated heterocycles. The highest BCUT2D eigenvalue weighted by atomic mass is 16.3. The number of furan rings is 1. The molecule has 2 heterocycles. The van der Waals surface area contributed by atoms with Gasteiger partial charge in [-0.3, -0.25) is 0 Å². The normalized spacial score (nSPS) is 12.7. The molecule has 0 aliphatic rings. The average molecular weight is 204 g/mol. The third-order valence-corrected chi connectivity index (χ3v) is 2.21. The summed E-state index contributed by atoms with van der Waals surface area (Å²) in [5.74, 6) is 1.18. The van der Waals surface area contributed by atoms with Crippen LogP contribution in [0.3, 0.4) is 0 Å². The molecule has 4 heteroatoms. The Morgan fingerprint density at radius 3 is 2.80 bits per heavy atom. The Balaban J connectivity index is 2.42. The molecule has 0 amide bonds. The molecule has 0 aromatic carbocycles. The van der Waals surface area contributed by atoms with Gasteiger partial charge in [0.05, 0.1) is 12.4 Å². The van der Waals surface area contributed by atoms with Crippen molar-refractivity contribution in [2.45, 2.75) is 20.0 Å². The van der Waals surface area contributed by atoms with E-state index in [9.17, 15) is 5.11 Å². The Morgan fingerprint density at radius 1 is 1.47 bits per heavy atom. The van der Waals surface area contributed by atoms with Crippen molar-refractivity contribution in [1.82, 2.24) is 9.97 Å². The maximum absolute atomic E-state index is 9.42. The zero-order valence-corrected chi connectivity index (χ0v) is 8.64. The lowest BCUT2D eigenvalue weighted by atomic mass is 10.1. The van der Waals surface area contributed by atoms with E-state index in [0.29, 0.717) is 11.6 Å². The second-order valence-corrected chi connectivity index (χ2v) is 3.39. The standard InChI is InChI=1S/C11H12N2O2/c1-7-9(8(2)14)6-12-11(13-7)10-4-3-5-15-10/h3-6,8,14H,1-2H3/t8-/m0/s1. The number of hydrogen-bond donors (Lipinski definition) is 1. The van der Waals surface area contributed by atoms with Gasteiger partial charge in [-0.25, -0.2) is 9.97 Å². The predicted molar refractivity (Wildman–Crippen MR) is 55.1 cm³/mol. The molecule has 1 N–H and O–H groups in total. The topological polar surface area (TPSA) is 59.2 Å². The van der Waals surface area contributed by atoms with Crippen molar-refractivity contribution in [3.05, 3.63) is 35.9 Å². The molecule has 0 spiro atoms. The van der Waals surface area contributed by atoms with Gasteiger partial charge in [-0.05, 0) is 26.0 Å². The zero-order chi connectivity index (χ0) is 10.8. The monoisotopic (exact) mass is 204 g/mol. The van der Waals surface area contributed by atoms with Gasteiger partial charge in [0.2, 0.25) is 0 Å². The maximum Gasteiger partial charge on any atom is 0.195 e. The Labute approximate surface area is 87.6 Å². The van der Waals surface area contributed by atoms with Crippen LogP contribution in [0.25, 0.3) is 11.6 Å². The van der Waals surface area contributed by atoms with Gasteiger partial charge in [-0.15, -0.1) is 0 Å². The Kier molecular flexibility index (Phi) is 2.51. The van der Waals surface area contributed by atoms with E-state index in [-0.39, 0.29) is 0 Å². The first-order chi connectivity index (χ1) is 7.18. The second kappa shape index (κ2) is 3.82. The largest absolute Gasteiger partial charge is 0.461 e. The first-order valence-corrected chi connectivity index (χ1v) is 4.74. The SMILES string of the molecule is Cc1nc(-c2ccco2)ncc1[C@H](C)O. The molecule has 0 radical (unpaired) electrons. The molecule has 0 aliphatic heterocycles. The Morgan fingerprint density at radius 2 is 2.27 bits per heavy atom. The molecular formula is C11H12N2O2. The summed E-state index contributed by atoms with van der Waals surface area (Å²) >= 11 is 0. The molecule has 2 aromatic heterocycles. The lowest BCUT2D eigenvalue weighted by Gasteiger charge is -2.07. The number of hydrogen-bond acceptors (Lipinski definition) is 4. The Bertz CT molecular complexity index is 450. The molecular weight excluding hydrogens is 192 g/mol. The molecule has 78 valence electrons. The van der Waals surface area contributed by atoms with E-state index in [0.717, 1.165) is 11.3 Å². The van der Waals surface area contributed by atoms with E-state index >= 15 is 0 Å². The third kappa shape index (κ3) is 1.89. The van der Waals surface area contributed by atoms with Gasteiger partial charge in [0, 0.05) is 17.5 Å². The third-order valence-electron chi connectivity index (χ3n) is 2.21. The van der Waals surface area contributed by atoms with Gasteiger partial charge < -0.3 is 9.52 Å². The van der Waals surface area contributed by atoms with Crippen LogP contribution in [0.2, 0.25) is 0 Å². The van der Waals surface area contributed by atoms with Gasteiger partial charge in [-0.1, -0.05) is 0 Å². The quantitative estimate of drug-likeness (QED) is 0.813. The van der Waals surface area contributed by atoms with E-state index in [1.807, 2.05) is 6.92 Å². The fraction of sp³-hybridized carbons (Fsp3) is 0.273. The van der Waals surface area contributed by atoms with Crippen molar-refractivity contribution in [3.8, 4) is 11.6 Å².